The zero-order valence-electron chi connectivity index (χ0n) is 8.68. The number of non-ortho nitro benzene ring substituents is 1. The predicted octanol–water partition coefficient (Wildman–Crippen LogP) is 1.71. The van der Waals surface area contributed by atoms with E-state index in [2.05, 4.69) is 5.32 Å². The van der Waals surface area contributed by atoms with Crippen LogP contribution in [0.25, 0.3) is 0 Å². The molecule has 0 aliphatic carbocycles. The van der Waals surface area contributed by atoms with Gasteiger partial charge in [-0.2, -0.15) is 0 Å². The van der Waals surface area contributed by atoms with E-state index < -0.39 is 10.7 Å². The molecule has 0 radical (unpaired) electrons. The molecule has 1 aliphatic heterocycles. The molecule has 0 unspecified atom stereocenters. The van der Waals surface area contributed by atoms with E-state index in [0.29, 0.717) is 13.0 Å². The number of hydrogen-bond donors (Lipinski definition) is 1. The highest BCUT2D eigenvalue weighted by Crippen LogP contribution is 2.31. The van der Waals surface area contributed by atoms with Crippen LogP contribution in [0.15, 0.2) is 23.1 Å². The Bertz CT molecular complexity index is 481. The van der Waals surface area contributed by atoms with Crippen molar-refractivity contribution >= 4 is 23.4 Å². The smallest absolute Gasteiger partial charge is 0.272 e. The highest BCUT2D eigenvalue weighted by atomic mass is 32.2. The molecule has 7 heteroatoms. The van der Waals surface area contributed by atoms with Gasteiger partial charge in [0.25, 0.3) is 5.69 Å². The van der Waals surface area contributed by atoms with Crippen LogP contribution in [0.4, 0.5) is 10.1 Å². The molecule has 1 fully saturated rings. The van der Waals surface area contributed by atoms with E-state index >= 15 is 0 Å². The molecule has 1 aliphatic rings. The molecular weight excluding hydrogens is 247 g/mol. The summed E-state index contributed by atoms with van der Waals surface area (Å²) in [7, 11) is 0. The van der Waals surface area contributed by atoms with Gasteiger partial charge in [0, 0.05) is 17.5 Å². The lowest BCUT2D eigenvalue weighted by molar-refractivity contribution is -0.385. The molecule has 17 heavy (non-hydrogen) atoms. The zero-order chi connectivity index (χ0) is 12.4. The number of hydrogen-bond acceptors (Lipinski definition) is 4. The lowest BCUT2D eigenvalue weighted by Crippen LogP contribution is -2.20. The van der Waals surface area contributed by atoms with Crippen molar-refractivity contribution in [2.24, 2.45) is 0 Å². The quantitative estimate of drug-likeness (QED) is 0.660. The van der Waals surface area contributed by atoms with Crippen LogP contribution in [0.2, 0.25) is 0 Å². The average molecular weight is 256 g/mol. The fourth-order valence-corrected chi connectivity index (χ4v) is 2.59. The SMILES string of the molecule is O=C1NCC[C@H]1Sc1ccc([N+](=O)[O-])cc1F. The lowest BCUT2D eigenvalue weighted by atomic mass is 10.3. The third-order valence-electron chi connectivity index (χ3n) is 2.39. The van der Waals surface area contributed by atoms with Gasteiger partial charge < -0.3 is 5.32 Å². The normalized spacial score (nSPS) is 19.1. The van der Waals surface area contributed by atoms with Crippen molar-refractivity contribution in [1.29, 1.82) is 0 Å². The molecule has 1 N–H and O–H groups in total. The van der Waals surface area contributed by atoms with Crippen LogP contribution in [0.3, 0.4) is 0 Å². The van der Waals surface area contributed by atoms with Gasteiger partial charge in [0.05, 0.1) is 16.2 Å². The number of carbonyl (C=O) groups excluding carboxylic acids is 1. The molecule has 5 nitrogen and oxygen atoms in total. The number of carbonyl (C=O) groups is 1. The molecular formula is C10H9FN2O3S. The van der Waals surface area contributed by atoms with Crippen LogP contribution in [-0.4, -0.2) is 22.6 Å². The van der Waals surface area contributed by atoms with E-state index in [9.17, 15) is 19.3 Å². The Morgan fingerprint density at radius 3 is 2.82 bits per heavy atom. The fraction of sp³-hybridized carbons (Fsp3) is 0.300. The Labute approximate surface area is 101 Å². The summed E-state index contributed by atoms with van der Waals surface area (Å²) in [6, 6.07) is 3.44. The third-order valence-corrected chi connectivity index (χ3v) is 3.71. The van der Waals surface area contributed by atoms with Crippen LogP contribution < -0.4 is 5.32 Å². The summed E-state index contributed by atoms with van der Waals surface area (Å²) >= 11 is 1.10. The van der Waals surface area contributed by atoms with E-state index in [1.165, 1.54) is 12.1 Å². The van der Waals surface area contributed by atoms with Gasteiger partial charge in [-0.3, -0.25) is 14.9 Å². The molecule has 1 atom stereocenters. The summed E-state index contributed by atoms with van der Waals surface area (Å²) in [5.74, 6) is -0.781. The maximum atomic E-state index is 13.5. The summed E-state index contributed by atoms with van der Waals surface area (Å²) in [5.41, 5.74) is -0.289. The summed E-state index contributed by atoms with van der Waals surface area (Å²) in [6.07, 6.45) is 0.639. The fourth-order valence-electron chi connectivity index (χ4n) is 1.54. The summed E-state index contributed by atoms with van der Waals surface area (Å²) in [4.78, 5) is 21.3. The average Bonchev–Trinajstić information content (AvgIpc) is 2.67. The Morgan fingerprint density at radius 1 is 1.53 bits per heavy atom. The third kappa shape index (κ3) is 2.55. The first-order chi connectivity index (χ1) is 8.08. The number of nitro groups is 1. The number of nitro benzene ring substituents is 1. The van der Waals surface area contributed by atoms with Crippen LogP contribution in [0, 0.1) is 15.9 Å². The second kappa shape index (κ2) is 4.70. The molecule has 1 saturated heterocycles. The summed E-state index contributed by atoms with van der Waals surface area (Å²) in [5, 5.41) is 12.8. The summed E-state index contributed by atoms with van der Waals surface area (Å²) < 4.78 is 13.5. The molecule has 1 aromatic rings. The number of amides is 1. The van der Waals surface area contributed by atoms with Gasteiger partial charge in [-0.25, -0.2) is 4.39 Å². The van der Waals surface area contributed by atoms with Crippen LogP contribution in [-0.2, 0) is 4.79 Å². The van der Waals surface area contributed by atoms with Gasteiger partial charge in [-0.05, 0) is 12.5 Å². The number of rotatable bonds is 3. The van der Waals surface area contributed by atoms with E-state index in [1.54, 1.807) is 0 Å². The zero-order valence-corrected chi connectivity index (χ0v) is 9.50. The Balaban J connectivity index is 2.16. The minimum absolute atomic E-state index is 0.118. The van der Waals surface area contributed by atoms with E-state index in [1.807, 2.05) is 0 Å². The van der Waals surface area contributed by atoms with Crippen molar-refractivity contribution in [3.63, 3.8) is 0 Å². The number of benzene rings is 1. The Hall–Kier alpha value is -1.63. The van der Waals surface area contributed by atoms with Crippen molar-refractivity contribution in [1.82, 2.24) is 5.32 Å². The minimum atomic E-state index is -0.663. The van der Waals surface area contributed by atoms with Gasteiger partial charge in [0.1, 0.15) is 5.82 Å². The van der Waals surface area contributed by atoms with Gasteiger partial charge in [-0.1, -0.05) is 0 Å². The van der Waals surface area contributed by atoms with Gasteiger partial charge in [0.15, 0.2) is 0 Å². The molecule has 0 saturated carbocycles. The van der Waals surface area contributed by atoms with E-state index in [-0.39, 0.29) is 21.7 Å². The van der Waals surface area contributed by atoms with Crippen molar-refractivity contribution in [3.05, 3.63) is 34.1 Å². The first-order valence-corrected chi connectivity index (χ1v) is 5.84. The molecule has 90 valence electrons. The van der Waals surface area contributed by atoms with E-state index in [4.69, 9.17) is 0 Å². The monoisotopic (exact) mass is 256 g/mol. The van der Waals surface area contributed by atoms with Crippen molar-refractivity contribution in [2.75, 3.05) is 6.54 Å². The topological polar surface area (TPSA) is 72.2 Å². The molecule has 0 aromatic heterocycles. The maximum absolute atomic E-state index is 13.5. The highest BCUT2D eigenvalue weighted by molar-refractivity contribution is 8.00. The Morgan fingerprint density at radius 2 is 2.29 bits per heavy atom. The molecule has 1 amide bonds. The van der Waals surface area contributed by atoms with Gasteiger partial charge in [-0.15, -0.1) is 11.8 Å². The first kappa shape index (κ1) is 11.8. The van der Waals surface area contributed by atoms with Gasteiger partial charge in [0.2, 0.25) is 5.91 Å². The van der Waals surface area contributed by atoms with Crippen molar-refractivity contribution in [2.45, 2.75) is 16.6 Å². The van der Waals surface area contributed by atoms with Crippen molar-refractivity contribution in [3.8, 4) is 0 Å². The number of thioether (sulfide) groups is 1. The molecule has 1 heterocycles. The minimum Gasteiger partial charge on any atom is -0.355 e. The van der Waals surface area contributed by atoms with E-state index in [0.717, 1.165) is 17.8 Å². The first-order valence-electron chi connectivity index (χ1n) is 4.96. The molecule has 2 rings (SSSR count). The second-order valence-corrected chi connectivity index (χ2v) is 4.80. The van der Waals surface area contributed by atoms with Crippen molar-refractivity contribution < 1.29 is 14.1 Å². The standard InChI is InChI=1S/C10H9FN2O3S/c11-7-5-6(13(15)16)1-2-8(7)17-9-3-4-12-10(9)14/h1-2,5,9H,3-4H2,(H,12,14)/t9-/m1/s1. The molecule has 0 spiro atoms. The van der Waals surface area contributed by atoms with Crippen LogP contribution in [0.5, 0.6) is 0 Å². The Kier molecular flexibility index (Phi) is 3.28. The second-order valence-electron chi connectivity index (χ2n) is 3.56. The highest BCUT2D eigenvalue weighted by Gasteiger charge is 2.26. The number of nitrogens with one attached hydrogen (secondary N) is 1. The molecule has 1 aromatic carbocycles. The maximum Gasteiger partial charge on any atom is 0.272 e. The van der Waals surface area contributed by atoms with Crippen LogP contribution >= 0.6 is 11.8 Å². The van der Waals surface area contributed by atoms with Gasteiger partial charge >= 0.3 is 0 Å². The van der Waals surface area contributed by atoms with Crippen LogP contribution in [0.1, 0.15) is 6.42 Å². The summed E-state index contributed by atoms with van der Waals surface area (Å²) in [6.45, 7) is 0.588. The lowest BCUT2D eigenvalue weighted by Gasteiger charge is -2.07. The molecule has 0 bridgehead atoms. The largest absolute Gasteiger partial charge is 0.355 e. The number of nitrogens with zero attached hydrogens (tertiary/aromatic N) is 1. The number of halogens is 1. The predicted molar refractivity (Wildman–Crippen MR) is 60.3 cm³/mol.